The van der Waals surface area contributed by atoms with E-state index in [0.29, 0.717) is 18.7 Å². The Hall–Kier alpha value is -3.21. The van der Waals surface area contributed by atoms with E-state index in [2.05, 4.69) is 10.3 Å². The fourth-order valence-corrected chi connectivity index (χ4v) is 4.09. The molecule has 1 N–H and O–H groups in total. The first kappa shape index (κ1) is 17.9. The Balaban J connectivity index is 1.34. The molecule has 0 spiro atoms. The lowest BCUT2D eigenvalue weighted by Crippen LogP contribution is -2.35. The highest BCUT2D eigenvalue weighted by molar-refractivity contribution is 5.93. The highest BCUT2D eigenvalue weighted by Gasteiger charge is 2.27. The van der Waals surface area contributed by atoms with E-state index in [1.807, 2.05) is 42.5 Å². The number of nitrogens with one attached hydrogen (secondary N) is 1. The third-order valence-corrected chi connectivity index (χ3v) is 5.60. The summed E-state index contributed by atoms with van der Waals surface area (Å²) in [6.07, 6.45) is 6.90. The van der Waals surface area contributed by atoms with E-state index in [1.54, 1.807) is 6.20 Å². The molecule has 0 fully saturated rings. The highest BCUT2D eigenvalue weighted by Crippen LogP contribution is 2.36. The number of hydrogen-bond donors (Lipinski definition) is 1. The predicted octanol–water partition coefficient (Wildman–Crippen LogP) is 4.57. The van der Waals surface area contributed by atoms with Crippen molar-refractivity contribution in [3.63, 3.8) is 0 Å². The molecule has 1 atom stereocenters. The first-order valence-corrected chi connectivity index (χ1v) is 9.99. The molecule has 1 unspecified atom stereocenters. The lowest BCUT2D eigenvalue weighted by Gasteiger charge is -2.12. The molecule has 146 valence electrons. The van der Waals surface area contributed by atoms with Crippen LogP contribution in [0.3, 0.4) is 0 Å². The van der Waals surface area contributed by atoms with Crippen LogP contribution in [0.4, 0.5) is 4.39 Å². The molecule has 0 saturated heterocycles. The number of nitrogens with zero attached hydrogens (tertiary/aromatic N) is 1. The maximum Gasteiger partial charge on any atom is 0.247 e. The molecule has 1 aliphatic heterocycles. The van der Waals surface area contributed by atoms with Crippen LogP contribution in [0, 0.1) is 5.82 Å². The normalized spacial score (nSPS) is 17.7. The number of carbonyl (C=O) groups excluding carboxylic acids is 1. The zero-order valence-electron chi connectivity index (χ0n) is 16.0. The number of ether oxygens (including phenoxy) is 1. The van der Waals surface area contributed by atoms with Gasteiger partial charge in [-0.05, 0) is 49.1 Å². The van der Waals surface area contributed by atoms with Crippen LogP contribution in [-0.2, 0) is 11.2 Å². The summed E-state index contributed by atoms with van der Waals surface area (Å²) >= 11 is 0. The van der Waals surface area contributed by atoms with Crippen LogP contribution in [0.2, 0.25) is 0 Å². The summed E-state index contributed by atoms with van der Waals surface area (Å²) in [7, 11) is 0. The van der Waals surface area contributed by atoms with Crippen LogP contribution in [-0.4, -0.2) is 23.5 Å². The molecular formula is C24H21FN2O2. The van der Waals surface area contributed by atoms with Crippen LogP contribution >= 0.6 is 0 Å². The van der Waals surface area contributed by atoms with Crippen LogP contribution in [0.1, 0.15) is 24.8 Å². The topological polar surface area (TPSA) is 51.2 Å². The number of allylic oxidation sites excluding steroid dienone is 1. The Labute approximate surface area is 168 Å². The molecule has 0 bridgehead atoms. The summed E-state index contributed by atoms with van der Waals surface area (Å²) in [5, 5.41) is 3.94. The van der Waals surface area contributed by atoms with E-state index in [0.717, 1.165) is 52.4 Å². The van der Waals surface area contributed by atoms with E-state index in [9.17, 15) is 9.18 Å². The lowest BCUT2D eigenvalue weighted by atomic mass is 10.0. The van der Waals surface area contributed by atoms with E-state index >= 15 is 0 Å². The molecule has 1 amide bonds. The van der Waals surface area contributed by atoms with Crippen molar-refractivity contribution in [2.75, 3.05) is 6.54 Å². The fourth-order valence-electron chi connectivity index (χ4n) is 4.09. The molecule has 0 radical (unpaired) electrons. The summed E-state index contributed by atoms with van der Waals surface area (Å²) in [6.45, 7) is 0.372. The molecule has 4 nitrogen and oxygen atoms in total. The number of amides is 1. The number of benzene rings is 2. The average molecular weight is 388 g/mol. The van der Waals surface area contributed by atoms with Gasteiger partial charge in [0.15, 0.2) is 11.6 Å². The summed E-state index contributed by atoms with van der Waals surface area (Å²) in [6, 6.07) is 13.3. The summed E-state index contributed by atoms with van der Waals surface area (Å²) < 4.78 is 20.5. The zero-order chi connectivity index (χ0) is 19.8. The number of fused-ring (bicyclic) bond motifs is 2. The number of carbonyl (C=O) groups is 1. The summed E-state index contributed by atoms with van der Waals surface area (Å²) in [5.41, 5.74) is 4.24. The van der Waals surface area contributed by atoms with Crippen molar-refractivity contribution in [3.8, 4) is 16.9 Å². The van der Waals surface area contributed by atoms with Crippen molar-refractivity contribution < 1.29 is 13.9 Å². The number of rotatable bonds is 4. The van der Waals surface area contributed by atoms with Gasteiger partial charge in [-0.3, -0.25) is 9.78 Å². The van der Waals surface area contributed by atoms with Crippen LogP contribution in [0.25, 0.3) is 22.0 Å². The van der Waals surface area contributed by atoms with Gasteiger partial charge in [0, 0.05) is 34.7 Å². The van der Waals surface area contributed by atoms with Crippen molar-refractivity contribution in [2.24, 2.45) is 0 Å². The number of hydrogen-bond acceptors (Lipinski definition) is 3. The van der Waals surface area contributed by atoms with Gasteiger partial charge in [-0.25, -0.2) is 4.39 Å². The molecule has 5 rings (SSSR count). The van der Waals surface area contributed by atoms with Crippen molar-refractivity contribution in [1.29, 1.82) is 0 Å². The minimum Gasteiger partial charge on any atom is -0.485 e. The van der Waals surface area contributed by atoms with Gasteiger partial charge in [0.2, 0.25) is 5.91 Å². The maximum absolute atomic E-state index is 14.7. The highest BCUT2D eigenvalue weighted by atomic mass is 19.1. The third-order valence-electron chi connectivity index (χ3n) is 5.60. The molecule has 2 aliphatic rings. The fraction of sp³-hybridized carbons (Fsp3) is 0.250. The van der Waals surface area contributed by atoms with Crippen LogP contribution < -0.4 is 10.1 Å². The second kappa shape index (κ2) is 7.32. The molecule has 3 aromatic rings. The predicted molar refractivity (Wildman–Crippen MR) is 110 cm³/mol. The molecule has 0 saturated carbocycles. The summed E-state index contributed by atoms with van der Waals surface area (Å²) in [5.74, 6) is -0.120. The number of halogens is 1. The minimum atomic E-state index is -0.377. The SMILES string of the molecule is O=C(NCC1Cc2cc(-c3cnc4ccccc4c3)cc(F)c2O1)C1=CCCC1. The monoisotopic (exact) mass is 388 g/mol. The van der Waals surface area contributed by atoms with Gasteiger partial charge in [-0.2, -0.15) is 0 Å². The van der Waals surface area contributed by atoms with E-state index in [1.165, 1.54) is 6.07 Å². The second-order valence-electron chi connectivity index (χ2n) is 7.64. The van der Waals surface area contributed by atoms with E-state index in [4.69, 9.17) is 4.74 Å². The van der Waals surface area contributed by atoms with Gasteiger partial charge in [0.1, 0.15) is 6.10 Å². The molecule has 29 heavy (non-hydrogen) atoms. The molecule has 1 aliphatic carbocycles. The molecule has 1 aromatic heterocycles. The first-order valence-electron chi connectivity index (χ1n) is 9.99. The van der Waals surface area contributed by atoms with Gasteiger partial charge in [0.05, 0.1) is 12.1 Å². The summed E-state index contributed by atoms with van der Waals surface area (Å²) in [4.78, 5) is 16.6. The Bertz CT molecular complexity index is 1140. The standard InChI is InChI=1S/C24H21FN2O2/c25-21-12-17(19-9-16-7-3-4-8-22(16)26-13-19)10-18-11-20(29-23(18)21)14-27-24(28)15-5-1-2-6-15/h3-5,7-10,12-13,20H,1-2,6,11,14H2,(H,27,28). The minimum absolute atomic E-state index is 0.0366. The smallest absolute Gasteiger partial charge is 0.247 e. The molecule has 2 aromatic carbocycles. The number of para-hydroxylation sites is 1. The van der Waals surface area contributed by atoms with E-state index < -0.39 is 0 Å². The third kappa shape index (κ3) is 3.48. The average Bonchev–Trinajstić information content (AvgIpc) is 3.42. The lowest BCUT2D eigenvalue weighted by molar-refractivity contribution is -0.117. The number of aromatic nitrogens is 1. The zero-order valence-corrected chi connectivity index (χ0v) is 16.0. The second-order valence-corrected chi connectivity index (χ2v) is 7.64. The van der Waals surface area contributed by atoms with Crippen molar-refractivity contribution >= 4 is 16.8 Å². The van der Waals surface area contributed by atoms with Crippen LogP contribution in [0.15, 0.2) is 60.3 Å². The van der Waals surface area contributed by atoms with Gasteiger partial charge >= 0.3 is 0 Å². The van der Waals surface area contributed by atoms with Gasteiger partial charge in [0.25, 0.3) is 0 Å². The molecular weight excluding hydrogens is 367 g/mol. The Kier molecular flexibility index (Phi) is 4.51. The Morgan fingerprint density at radius 2 is 2.10 bits per heavy atom. The van der Waals surface area contributed by atoms with Crippen LogP contribution in [0.5, 0.6) is 5.75 Å². The number of pyridine rings is 1. The molecule has 5 heteroatoms. The van der Waals surface area contributed by atoms with Gasteiger partial charge < -0.3 is 10.1 Å². The van der Waals surface area contributed by atoms with Crippen molar-refractivity contribution in [3.05, 3.63) is 71.7 Å². The maximum atomic E-state index is 14.7. The quantitative estimate of drug-likeness (QED) is 0.712. The Morgan fingerprint density at radius 1 is 1.21 bits per heavy atom. The van der Waals surface area contributed by atoms with Gasteiger partial charge in [-0.15, -0.1) is 0 Å². The Morgan fingerprint density at radius 3 is 2.97 bits per heavy atom. The van der Waals surface area contributed by atoms with Crippen molar-refractivity contribution in [2.45, 2.75) is 31.8 Å². The first-order chi connectivity index (χ1) is 14.2. The molecule has 2 heterocycles. The largest absolute Gasteiger partial charge is 0.485 e. The van der Waals surface area contributed by atoms with Gasteiger partial charge in [-0.1, -0.05) is 24.3 Å². The van der Waals surface area contributed by atoms with E-state index in [-0.39, 0.29) is 17.8 Å². The van der Waals surface area contributed by atoms with Crippen molar-refractivity contribution in [1.82, 2.24) is 10.3 Å².